The number of rotatable bonds is 3. The SMILES string of the molecule is CC(=O)Nc1cccc(C(=O)N2CCCN2C(=O)c2cc(C)on2)c1Cl. The summed E-state index contributed by atoms with van der Waals surface area (Å²) in [4.78, 5) is 36.8. The molecule has 0 saturated carbocycles. The number of anilines is 1. The van der Waals surface area contributed by atoms with E-state index >= 15 is 0 Å². The van der Waals surface area contributed by atoms with Crippen molar-refractivity contribution in [1.29, 1.82) is 0 Å². The van der Waals surface area contributed by atoms with E-state index in [1.54, 1.807) is 25.1 Å². The number of nitrogens with zero attached hydrogens (tertiary/aromatic N) is 3. The Labute approximate surface area is 154 Å². The highest BCUT2D eigenvalue weighted by Gasteiger charge is 2.34. The van der Waals surface area contributed by atoms with Crippen LogP contribution in [0.2, 0.25) is 5.02 Å². The van der Waals surface area contributed by atoms with Crippen molar-refractivity contribution in [2.75, 3.05) is 18.4 Å². The molecule has 136 valence electrons. The van der Waals surface area contributed by atoms with Crippen molar-refractivity contribution < 1.29 is 18.9 Å². The van der Waals surface area contributed by atoms with Crippen molar-refractivity contribution in [2.45, 2.75) is 20.3 Å². The summed E-state index contributed by atoms with van der Waals surface area (Å²) in [6.07, 6.45) is 0.636. The molecule has 1 saturated heterocycles. The lowest BCUT2D eigenvalue weighted by Gasteiger charge is -2.27. The molecule has 1 aliphatic rings. The standard InChI is InChI=1S/C17H17ClN4O4/c1-10-9-14(20-26-10)17(25)22-8-4-7-21(22)16(24)12-5-3-6-13(15(12)18)19-11(2)23/h3,5-6,9H,4,7-8H2,1-2H3,(H,19,23). The first-order valence-electron chi connectivity index (χ1n) is 8.01. The fourth-order valence-corrected chi connectivity index (χ4v) is 3.01. The molecule has 26 heavy (non-hydrogen) atoms. The lowest BCUT2D eigenvalue weighted by atomic mass is 10.1. The molecule has 0 spiro atoms. The number of hydrogen-bond donors (Lipinski definition) is 1. The van der Waals surface area contributed by atoms with Gasteiger partial charge in [0.05, 0.1) is 16.3 Å². The van der Waals surface area contributed by atoms with Crippen molar-refractivity contribution in [1.82, 2.24) is 15.2 Å². The molecular formula is C17H17ClN4O4. The van der Waals surface area contributed by atoms with Crippen molar-refractivity contribution in [3.8, 4) is 0 Å². The van der Waals surface area contributed by atoms with Gasteiger partial charge in [-0.05, 0) is 25.5 Å². The maximum absolute atomic E-state index is 12.9. The minimum atomic E-state index is -0.423. The lowest BCUT2D eigenvalue weighted by Crippen LogP contribution is -2.45. The summed E-state index contributed by atoms with van der Waals surface area (Å²) >= 11 is 6.28. The lowest BCUT2D eigenvalue weighted by molar-refractivity contribution is -0.114. The first-order valence-corrected chi connectivity index (χ1v) is 8.39. The number of halogens is 1. The van der Waals surface area contributed by atoms with Gasteiger partial charge in [0, 0.05) is 26.1 Å². The van der Waals surface area contributed by atoms with Crippen LogP contribution in [0.3, 0.4) is 0 Å². The molecule has 0 aliphatic carbocycles. The van der Waals surface area contributed by atoms with E-state index in [-0.39, 0.29) is 22.2 Å². The van der Waals surface area contributed by atoms with Gasteiger partial charge in [0.1, 0.15) is 5.76 Å². The fourth-order valence-electron chi connectivity index (χ4n) is 2.76. The molecule has 0 bridgehead atoms. The summed E-state index contributed by atoms with van der Waals surface area (Å²) in [6, 6.07) is 6.30. The highest BCUT2D eigenvalue weighted by Crippen LogP contribution is 2.28. The van der Waals surface area contributed by atoms with E-state index in [2.05, 4.69) is 10.5 Å². The predicted molar refractivity (Wildman–Crippen MR) is 93.7 cm³/mol. The average Bonchev–Trinajstić information content (AvgIpc) is 3.24. The first-order chi connectivity index (χ1) is 12.4. The zero-order valence-electron chi connectivity index (χ0n) is 14.3. The Balaban J connectivity index is 1.87. The minimum Gasteiger partial charge on any atom is -0.361 e. The molecular weight excluding hydrogens is 360 g/mol. The van der Waals surface area contributed by atoms with Crippen molar-refractivity contribution in [2.24, 2.45) is 0 Å². The van der Waals surface area contributed by atoms with Crippen LogP contribution < -0.4 is 5.32 Å². The number of carbonyl (C=O) groups is 3. The van der Waals surface area contributed by atoms with Crippen LogP contribution in [-0.4, -0.2) is 46.0 Å². The topological polar surface area (TPSA) is 95.8 Å². The molecule has 1 N–H and O–H groups in total. The maximum Gasteiger partial charge on any atom is 0.294 e. The fraction of sp³-hybridized carbons (Fsp3) is 0.294. The predicted octanol–water partition coefficient (Wildman–Crippen LogP) is 2.50. The van der Waals surface area contributed by atoms with Crippen LogP contribution in [0.1, 0.15) is 40.0 Å². The molecule has 3 amide bonds. The van der Waals surface area contributed by atoms with E-state index in [9.17, 15) is 14.4 Å². The second-order valence-electron chi connectivity index (χ2n) is 5.88. The molecule has 1 fully saturated rings. The smallest absolute Gasteiger partial charge is 0.294 e. The average molecular weight is 377 g/mol. The second kappa shape index (κ2) is 7.17. The highest BCUT2D eigenvalue weighted by molar-refractivity contribution is 6.36. The molecule has 1 aromatic carbocycles. The molecule has 0 atom stereocenters. The van der Waals surface area contributed by atoms with E-state index in [0.717, 1.165) is 0 Å². The van der Waals surface area contributed by atoms with Gasteiger partial charge >= 0.3 is 0 Å². The summed E-state index contributed by atoms with van der Waals surface area (Å²) in [5.74, 6) is -0.623. The minimum absolute atomic E-state index is 0.129. The molecule has 1 aliphatic heterocycles. The number of hydrogen-bond acceptors (Lipinski definition) is 5. The molecule has 0 unspecified atom stereocenters. The van der Waals surface area contributed by atoms with Gasteiger partial charge in [-0.1, -0.05) is 22.8 Å². The number of aryl methyl sites for hydroxylation is 1. The number of carbonyl (C=O) groups excluding carboxylic acids is 3. The van der Waals surface area contributed by atoms with Crippen LogP contribution in [0.25, 0.3) is 0 Å². The van der Waals surface area contributed by atoms with Crippen LogP contribution in [-0.2, 0) is 4.79 Å². The van der Waals surface area contributed by atoms with Crippen molar-refractivity contribution in [3.63, 3.8) is 0 Å². The third-order valence-corrected chi connectivity index (χ3v) is 4.29. The van der Waals surface area contributed by atoms with Crippen LogP contribution in [0, 0.1) is 6.92 Å². The highest BCUT2D eigenvalue weighted by atomic mass is 35.5. The van der Waals surface area contributed by atoms with E-state index in [1.165, 1.54) is 23.0 Å². The Hall–Kier alpha value is -2.87. The number of hydrazine groups is 1. The van der Waals surface area contributed by atoms with E-state index in [1.807, 2.05) is 0 Å². The maximum atomic E-state index is 12.9. The normalized spacial score (nSPS) is 13.8. The third kappa shape index (κ3) is 3.41. The Morgan fingerprint density at radius 1 is 1.19 bits per heavy atom. The van der Waals surface area contributed by atoms with Gasteiger partial charge in [-0.2, -0.15) is 0 Å². The number of nitrogens with one attached hydrogen (secondary N) is 1. The van der Waals surface area contributed by atoms with Crippen molar-refractivity contribution >= 4 is 35.0 Å². The van der Waals surface area contributed by atoms with Gasteiger partial charge in [-0.3, -0.25) is 14.4 Å². The molecule has 3 rings (SSSR count). The molecule has 0 radical (unpaired) electrons. The van der Waals surface area contributed by atoms with E-state index < -0.39 is 11.8 Å². The number of aromatic nitrogens is 1. The zero-order chi connectivity index (χ0) is 18.8. The van der Waals surface area contributed by atoms with Crippen molar-refractivity contribution in [3.05, 3.63) is 46.3 Å². The molecule has 1 aromatic heterocycles. The summed E-state index contributed by atoms with van der Waals surface area (Å²) in [5.41, 5.74) is 0.684. The Kier molecular flexibility index (Phi) is 4.94. The summed E-state index contributed by atoms with van der Waals surface area (Å²) in [6.45, 7) is 3.80. The summed E-state index contributed by atoms with van der Waals surface area (Å²) < 4.78 is 4.94. The van der Waals surface area contributed by atoms with Gasteiger partial charge in [0.15, 0.2) is 5.69 Å². The Morgan fingerprint density at radius 3 is 2.50 bits per heavy atom. The number of benzene rings is 1. The van der Waals surface area contributed by atoms with Gasteiger partial charge in [-0.25, -0.2) is 10.0 Å². The monoisotopic (exact) mass is 376 g/mol. The van der Waals surface area contributed by atoms with E-state index in [4.69, 9.17) is 16.1 Å². The van der Waals surface area contributed by atoms with Crippen LogP contribution in [0.15, 0.2) is 28.8 Å². The van der Waals surface area contributed by atoms with Gasteiger partial charge in [0.25, 0.3) is 11.8 Å². The first kappa shape index (κ1) is 17.9. The van der Waals surface area contributed by atoms with Crippen LogP contribution in [0.5, 0.6) is 0 Å². The molecule has 9 heteroatoms. The second-order valence-corrected chi connectivity index (χ2v) is 6.26. The van der Waals surface area contributed by atoms with Crippen LogP contribution in [0.4, 0.5) is 5.69 Å². The van der Waals surface area contributed by atoms with Gasteiger partial charge in [0.2, 0.25) is 5.91 Å². The largest absolute Gasteiger partial charge is 0.361 e. The zero-order valence-corrected chi connectivity index (χ0v) is 15.0. The van der Waals surface area contributed by atoms with E-state index in [0.29, 0.717) is 31.0 Å². The Morgan fingerprint density at radius 2 is 1.88 bits per heavy atom. The molecule has 8 nitrogen and oxygen atoms in total. The third-order valence-electron chi connectivity index (χ3n) is 3.89. The quantitative estimate of drug-likeness (QED) is 0.887. The van der Waals surface area contributed by atoms with Gasteiger partial charge < -0.3 is 9.84 Å². The molecule has 2 aromatic rings. The number of amides is 3. The summed E-state index contributed by atoms with van der Waals surface area (Å²) in [7, 11) is 0. The Bertz CT molecular complexity index is 879. The van der Waals surface area contributed by atoms with Crippen LogP contribution >= 0.6 is 11.6 Å². The summed E-state index contributed by atoms with van der Waals surface area (Å²) in [5, 5.41) is 9.09. The van der Waals surface area contributed by atoms with Gasteiger partial charge in [-0.15, -0.1) is 0 Å². The molecule has 2 heterocycles.